The molecule has 0 radical (unpaired) electrons. The number of hydrogen-bond donors (Lipinski definition) is 0. The van der Waals surface area contributed by atoms with Gasteiger partial charge in [-0.1, -0.05) is 0 Å². The number of nitrogens with zero attached hydrogens (tertiary/aromatic N) is 1. The zero-order chi connectivity index (χ0) is 15.2. The van der Waals surface area contributed by atoms with Crippen LogP contribution in [0.2, 0.25) is 0 Å². The summed E-state index contributed by atoms with van der Waals surface area (Å²) in [5, 5.41) is 8.78. The first-order valence-electron chi connectivity index (χ1n) is 6.33. The maximum atomic E-state index is 12.7. The van der Waals surface area contributed by atoms with Crippen molar-refractivity contribution in [2.75, 3.05) is 13.2 Å². The number of hydrogen-bond acceptors (Lipinski definition) is 3. The van der Waals surface area contributed by atoms with Gasteiger partial charge in [0.2, 0.25) is 0 Å². The summed E-state index contributed by atoms with van der Waals surface area (Å²) in [6.45, 7) is 0.980. The molecule has 0 aromatic heterocycles. The van der Waals surface area contributed by atoms with Crippen LogP contribution in [0.25, 0.3) is 0 Å². The quantitative estimate of drug-likeness (QED) is 0.674. The first-order valence-corrected chi connectivity index (χ1v) is 6.33. The molecule has 1 unspecified atom stereocenters. The van der Waals surface area contributed by atoms with E-state index in [2.05, 4.69) is 0 Å². The minimum Gasteiger partial charge on any atom is -0.350 e. The van der Waals surface area contributed by atoms with Crippen molar-refractivity contribution in [1.82, 2.24) is 0 Å². The number of halogens is 5. The van der Waals surface area contributed by atoms with E-state index in [-0.39, 0.29) is 12.7 Å². The van der Waals surface area contributed by atoms with Gasteiger partial charge in [0.1, 0.15) is 0 Å². The van der Waals surface area contributed by atoms with Crippen LogP contribution < -0.4 is 0 Å². The van der Waals surface area contributed by atoms with Crippen LogP contribution in [-0.4, -0.2) is 31.6 Å². The predicted octanol–water partition coefficient (Wildman–Crippen LogP) is 3.65. The van der Waals surface area contributed by atoms with Crippen molar-refractivity contribution in [3.63, 3.8) is 0 Å². The van der Waals surface area contributed by atoms with Gasteiger partial charge in [-0.2, -0.15) is 27.2 Å². The van der Waals surface area contributed by atoms with Crippen LogP contribution in [0, 0.1) is 17.2 Å². The maximum Gasteiger partial charge on any atom is 0.453 e. The van der Waals surface area contributed by atoms with E-state index in [1.165, 1.54) is 0 Å². The van der Waals surface area contributed by atoms with Gasteiger partial charge in [0.05, 0.1) is 19.3 Å². The first kappa shape index (κ1) is 17.1. The molecular weight excluding hydrogens is 285 g/mol. The maximum absolute atomic E-state index is 12.7. The van der Waals surface area contributed by atoms with E-state index in [0.29, 0.717) is 26.1 Å². The molecule has 0 bridgehead atoms. The molecule has 3 nitrogen and oxygen atoms in total. The first-order chi connectivity index (χ1) is 9.26. The molecule has 116 valence electrons. The minimum atomic E-state index is -5.56. The number of ether oxygens (including phenoxy) is 2. The standard InChI is InChI=1S/C12H16F5NO2/c13-11(14,12(15,16)17)5-4-9(8-18)2-1-3-10-19-6-7-20-10/h9-10H,1-7H2. The van der Waals surface area contributed by atoms with Gasteiger partial charge in [0.25, 0.3) is 0 Å². The number of alkyl halides is 5. The fourth-order valence-electron chi connectivity index (χ4n) is 1.88. The molecule has 1 heterocycles. The Hall–Kier alpha value is -0.940. The average molecular weight is 301 g/mol. The Bertz CT molecular complexity index is 334. The molecule has 1 fully saturated rings. The van der Waals surface area contributed by atoms with E-state index in [0.717, 1.165) is 0 Å². The van der Waals surface area contributed by atoms with Crippen molar-refractivity contribution in [1.29, 1.82) is 5.26 Å². The molecule has 1 aliphatic rings. The molecule has 0 aliphatic carbocycles. The molecule has 0 spiro atoms. The Morgan fingerprint density at radius 1 is 1.10 bits per heavy atom. The summed E-state index contributed by atoms with van der Waals surface area (Å²) < 4.78 is 71.7. The van der Waals surface area contributed by atoms with Crippen molar-refractivity contribution in [3.8, 4) is 6.07 Å². The van der Waals surface area contributed by atoms with Crippen LogP contribution in [-0.2, 0) is 9.47 Å². The molecule has 1 saturated heterocycles. The largest absolute Gasteiger partial charge is 0.453 e. The van der Waals surface area contributed by atoms with Crippen LogP contribution >= 0.6 is 0 Å². The molecule has 20 heavy (non-hydrogen) atoms. The molecule has 0 aromatic carbocycles. The van der Waals surface area contributed by atoms with Crippen LogP contribution in [0.4, 0.5) is 22.0 Å². The third kappa shape index (κ3) is 5.21. The van der Waals surface area contributed by atoms with E-state index in [9.17, 15) is 22.0 Å². The van der Waals surface area contributed by atoms with Gasteiger partial charge in [-0.15, -0.1) is 0 Å². The lowest BCUT2D eigenvalue weighted by atomic mass is 9.96. The van der Waals surface area contributed by atoms with Crippen molar-refractivity contribution >= 4 is 0 Å². The second-order valence-electron chi connectivity index (χ2n) is 4.67. The van der Waals surface area contributed by atoms with Gasteiger partial charge in [-0.05, 0) is 25.7 Å². The van der Waals surface area contributed by atoms with Crippen LogP contribution in [0.15, 0.2) is 0 Å². The highest BCUT2D eigenvalue weighted by Gasteiger charge is 2.56. The summed E-state index contributed by atoms with van der Waals surface area (Å²) in [6.07, 6.45) is -6.49. The second kappa shape index (κ2) is 7.18. The third-order valence-electron chi connectivity index (χ3n) is 3.09. The molecule has 1 aliphatic heterocycles. The van der Waals surface area contributed by atoms with Gasteiger partial charge in [0.15, 0.2) is 6.29 Å². The molecule has 1 atom stereocenters. The molecule has 0 saturated carbocycles. The lowest BCUT2D eigenvalue weighted by Crippen LogP contribution is -2.36. The van der Waals surface area contributed by atoms with Crippen LogP contribution in [0.5, 0.6) is 0 Å². The fraction of sp³-hybridized carbons (Fsp3) is 0.917. The Labute approximate surface area is 113 Å². The van der Waals surface area contributed by atoms with E-state index in [1.54, 1.807) is 6.07 Å². The average Bonchev–Trinajstić information content (AvgIpc) is 2.85. The highest BCUT2D eigenvalue weighted by molar-refractivity contribution is 4.86. The smallest absolute Gasteiger partial charge is 0.350 e. The number of rotatable bonds is 7. The van der Waals surface area contributed by atoms with E-state index in [1.807, 2.05) is 0 Å². The summed E-state index contributed by atoms with van der Waals surface area (Å²) in [5.74, 6) is -5.55. The summed E-state index contributed by atoms with van der Waals surface area (Å²) in [5.41, 5.74) is 0. The fourth-order valence-corrected chi connectivity index (χ4v) is 1.88. The van der Waals surface area contributed by atoms with Gasteiger partial charge in [-0.3, -0.25) is 0 Å². The SMILES string of the molecule is N#CC(CCCC1OCCO1)CCC(F)(F)C(F)(F)F. The molecule has 0 aromatic rings. The van der Waals surface area contributed by atoms with Gasteiger partial charge >= 0.3 is 12.1 Å². The van der Waals surface area contributed by atoms with E-state index >= 15 is 0 Å². The Balaban J connectivity index is 2.27. The highest BCUT2D eigenvalue weighted by atomic mass is 19.4. The predicted molar refractivity (Wildman–Crippen MR) is 58.9 cm³/mol. The lowest BCUT2D eigenvalue weighted by Gasteiger charge is -2.20. The van der Waals surface area contributed by atoms with Crippen molar-refractivity contribution in [2.24, 2.45) is 5.92 Å². The van der Waals surface area contributed by atoms with E-state index in [4.69, 9.17) is 14.7 Å². The zero-order valence-electron chi connectivity index (χ0n) is 10.8. The van der Waals surface area contributed by atoms with Gasteiger partial charge < -0.3 is 9.47 Å². The summed E-state index contributed by atoms with van der Waals surface area (Å²) >= 11 is 0. The molecule has 0 N–H and O–H groups in total. The number of nitriles is 1. The van der Waals surface area contributed by atoms with E-state index < -0.39 is 30.9 Å². The van der Waals surface area contributed by atoms with Gasteiger partial charge in [-0.25, -0.2) is 0 Å². The molecular formula is C12H16F5NO2. The minimum absolute atomic E-state index is 0.258. The second-order valence-corrected chi connectivity index (χ2v) is 4.67. The topological polar surface area (TPSA) is 42.2 Å². The van der Waals surface area contributed by atoms with Crippen LogP contribution in [0.1, 0.15) is 32.1 Å². The lowest BCUT2D eigenvalue weighted by molar-refractivity contribution is -0.285. The zero-order valence-corrected chi connectivity index (χ0v) is 10.8. The van der Waals surface area contributed by atoms with Crippen molar-refractivity contribution < 1.29 is 31.4 Å². The molecule has 8 heteroatoms. The Morgan fingerprint density at radius 2 is 1.70 bits per heavy atom. The van der Waals surface area contributed by atoms with Gasteiger partial charge in [0, 0.05) is 12.3 Å². The van der Waals surface area contributed by atoms with Crippen molar-refractivity contribution in [3.05, 3.63) is 0 Å². The third-order valence-corrected chi connectivity index (χ3v) is 3.09. The molecule has 0 amide bonds. The normalized spacial score (nSPS) is 19.0. The monoisotopic (exact) mass is 301 g/mol. The summed E-state index contributed by atoms with van der Waals surface area (Å²) in [6, 6.07) is 1.77. The Morgan fingerprint density at radius 3 is 2.20 bits per heavy atom. The Kier molecular flexibility index (Phi) is 6.14. The molecule has 1 rings (SSSR count). The summed E-state index contributed by atoms with van der Waals surface area (Å²) in [7, 11) is 0. The van der Waals surface area contributed by atoms with Crippen LogP contribution in [0.3, 0.4) is 0 Å². The summed E-state index contributed by atoms with van der Waals surface area (Å²) in [4.78, 5) is 0. The highest BCUT2D eigenvalue weighted by Crippen LogP contribution is 2.39. The van der Waals surface area contributed by atoms with Crippen molar-refractivity contribution in [2.45, 2.75) is 50.5 Å².